The first-order valence-electron chi connectivity index (χ1n) is 7.02. The molecular formula is C16H22BrNO. The summed E-state index contributed by atoms with van der Waals surface area (Å²) in [5.41, 5.74) is 2.61. The number of benzene rings is 1. The average Bonchev–Trinajstić information content (AvgIpc) is 2.89. The van der Waals surface area contributed by atoms with E-state index in [-0.39, 0.29) is 5.91 Å². The topological polar surface area (TPSA) is 29.1 Å². The van der Waals surface area contributed by atoms with Gasteiger partial charge < -0.3 is 5.32 Å². The highest BCUT2D eigenvalue weighted by Gasteiger charge is 2.32. The van der Waals surface area contributed by atoms with E-state index >= 15 is 0 Å². The van der Waals surface area contributed by atoms with Crippen molar-refractivity contribution in [2.24, 2.45) is 5.41 Å². The van der Waals surface area contributed by atoms with Crippen LogP contribution in [0.25, 0.3) is 0 Å². The van der Waals surface area contributed by atoms with Gasteiger partial charge in [0.1, 0.15) is 0 Å². The maximum absolute atomic E-state index is 12.1. The summed E-state index contributed by atoms with van der Waals surface area (Å²) in [6.45, 7) is 2.86. The predicted molar refractivity (Wildman–Crippen MR) is 82.6 cm³/mol. The Morgan fingerprint density at radius 3 is 2.63 bits per heavy atom. The minimum atomic E-state index is 0.140. The van der Waals surface area contributed by atoms with E-state index in [0.717, 1.165) is 17.4 Å². The van der Waals surface area contributed by atoms with Crippen LogP contribution in [0.1, 0.15) is 36.8 Å². The van der Waals surface area contributed by atoms with E-state index < -0.39 is 0 Å². The molecule has 2 nitrogen and oxygen atoms in total. The first-order chi connectivity index (χ1) is 9.15. The highest BCUT2D eigenvalue weighted by molar-refractivity contribution is 9.09. The summed E-state index contributed by atoms with van der Waals surface area (Å²) in [6.07, 6.45) is 5.52. The van der Waals surface area contributed by atoms with Crippen LogP contribution in [0.5, 0.6) is 0 Å². The fraction of sp³-hybridized carbons (Fsp3) is 0.562. The van der Waals surface area contributed by atoms with Gasteiger partial charge in [0.25, 0.3) is 0 Å². The lowest BCUT2D eigenvalue weighted by Gasteiger charge is -2.26. The molecule has 0 bridgehead atoms. The monoisotopic (exact) mass is 323 g/mol. The van der Waals surface area contributed by atoms with E-state index in [9.17, 15) is 4.79 Å². The van der Waals surface area contributed by atoms with Crippen LogP contribution >= 0.6 is 15.9 Å². The Morgan fingerprint density at radius 2 is 2.00 bits per heavy atom. The highest BCUT2D eigenvalue weighted by Crippen LogP contribution is 2.38. The number of nitrogens with one attached hydrogen (secondary N) is 1. The molecular weight excluding hydrogens is 302 g/mol. The minimum Gasteiger partial charge on any atom is -0.355 e. The molecule has 1 N–H and O–H groups in total. The van der Waals surface area contributed by atoms with Crippen molar-refractivity contribution in [2.75, 3.05) is 11.9 Å². The number of halogens is 1. The summed E-state index contributed by atoms with van der Waals surface area (Å²) < 4.78 is 0. The van der Waals surface area contributed by atoms with Gasteiger partial charge in [-0.05, 0) is 36.3 Å². The molecule has 1 aromatic rings. The standard InChI is InChI=1S/C16H22BrNO/c1-13-6-2-3-7-14(13)10-15(19)18-12-16(11-17)8-4-5-9-16/h2-3,6-7H,4-5,8-12H2,1H3,(H,18,19). The second-order valence-electron chi connectivity index (χ2n) is 5.72. The summed E-state index contributed by atoms with van der Waals surface area (Å²) in [6, 6.07) is 8.09. The number of carbonyl (C=O) groups is 1. The molecule has 0 unspecified atom stereocenters. The van der Waals surface area contributed by atoms with Crippen molar-refractivity contribution in [1.82, 2.24) is 5.32 Å². The first kappa shape index (κ1) is 14.6. The van der Waals surface area contributed by atoms with Crippen LogP contribution in [0.2, 0.25) is 0 Å². The second-order valence-corrected chi connectivity index (χ2v) is 6.28. The van der Waals surface area contributed by atoms with Crippen LogP contribution in [0.15, 0.2) is 24.3 Å². The first-order valence-corrected chi connectivity index (χ1v) is 8.15. The zero-order valence-electron chi connectivity index (χ0n) is 11.5. The van der Waals surface area contributed by atoms with E-state index in [4.69, 9.17) is 0 Å². The Hall–Kier alpha value is -0.830. The van der Waals surface area contributed by atoms with Gasteiger partial charge in [0.2, 0.25) is 5.91 Å². The van der Waals surface area contributed by atoms with Crippen LogP contribution in [0, 0.1) is 12.3 Å². The van der Waals surface area contributed by atoms with Gasteiger partial charge in [0.05, 0.1) is 6.42 Å². The third-order valence-corrected chi connectivity index (χ3v) is 5.41. The van der Waals surface area contributed by atoms with Crippen LogP contribution in [0.4, 0.5) is 0 Å². The Labute approximate surface area is 124 Å². The van der Waals surface area contributed by atoms with Crippen molar-refractivity contribution >= 4 is 21.8 Å². The maximum Gasteiger partial charge on any atom is 0.224 e. The summed E-state index contributed by atoms with van der Waals surface area (Å²) in [4.78, 5) is 12.1. The van der Waals surface area contributed by atoms with Gasteiger partial charge in [-0.1, -0.05) is 53.0 Å². The van der Waals surface area contributed by atoms with Crippen molar-refractivity contribution in [3.05, 3.63) is 35.4 Å². The fourth-order valence-electron chi connectivity index (χ4n) is 2.81. The molecule has 1 aliphatic rings. The fourth-order valence-corrected chi connectivity index (χ4v) is 3.57. The van der Waals surface area contributed by atoms with Gasteiger partial charge in [-0.2, -0.15) is 0 Å². The molecule has 0 saturated heterocycles. The number of hydrogen-bond acceptors (Lipinski definition) is 1. The molecule has 1 amide bonds. The third kappa shape index (κ3) is 3.82. The molecule has 0 spiro atoms. The molecule has 0 aromatic heterocycles. The lowest BCUT2D eigenvalue weighted by Crippen LogP contribution is -2.37. The van der Waals surface area contributed by atoms with E-state index in [1.54, 1.807) is 0 Å². The lowest BCUT2D eigenvalue weighted by atomic mass is 9.89. The molecule has 104 valence electrons. The number of hydrogen-bond donors (Lipinski definition) is 1. The molecule has 1 aliphatic carbocycles. The summed E-state index contributed by atoms with van der Waals surface area (Å²) in [5.74, 6) is 0.140. The Bertz CT molecular complexity index is 438. The molecule has 1 fully saturated rings. The zero-order valence-corrected chi connectivity index (χ0v) is 13.1. The van der Waals surface area contributed by atoms with Crippen molar-refractivity contribution in [3.63, 3.8) is 0 Å². The third-order valence-electron chi connectivity index (χ3n) is 4.22. The van der Waals surface area contributed by atoms with Crippen LogP contribution < -0.4 is 5.32 Å². The molecule has 2 rings (SSSR count). The van der Waals surface area contributed by atoms with E-state index in [1.807, 2.05) is 18.2 Å². The number of aryl methyl sites for hydroxylation is 1. The van der Waals surface area contributed by atoms with Crippen molar-refractivity contribution < 1.29 is 4.79 Å². The Kier molecular flexibility index (Phi) is 5.03. The smallest absolute Gasteiger partial charge is 0.224 e. The quantitative estimate of drug-likeness (QED) is 0.824. The molecule has 0 radical (unpaired) electrons. The SMILES string of the molecule is Cc1ccccc1CC(=O)NCC1(CBr)CCCC1. The summed E-state index contributed by atoms with van der Waals surface area (Å²) in [7, 11) is 0. The van der Waals surface area contributed by atoms with Gasteiger partial charge in [-0.3, -0.25) is 4.79 Å². The van der Waals surface area contributed by atoms with Crippen LogP contribution in [-0.4, -0.2) is 17.8 Å². The van der Waals surface area contributed by atoms with Crippen LogP contribution in [-0.2, 0) is 11.2 Å². The minimum absolute atomic E-state index is 0.140. The number of rotatable bonds is 5. The molecule has 19 heavy (non-hydrogen) atoms. The van der Waals surface area contributed by atoms with Gasteiger partial charge in [-0.15, -0.1) is 0 Å². The molecule has 0 atom stereocenters. The van der Waals surface area contributed by atoms with Gasteiger partial charge in [0.15, 0.2) is 0 Å². The Balaban J connectivity index is 1.86. The van der Waals surface area contributed by atoms with Crippen molar-refractivity contribution in [1.29, 1.82) is 0 Å². The molecule has 1 aromatic carbocycles. The van der Waals surface area contributed by atoms with E-state index in [2.05, 4.69) is 34.2 Å². The zero-order chi connectivity index (χ0) is 13.7. The van der Waals surface area contributed by atoms with E-state index in [0.29, 0.717) is 11.8 Å². The Morgan fingerprint density at radius 1 is 1.32 bits per heavy atom. The number of carbonyl (C=O) groups excluding carboxylic acids is 1. The van der Waals surface area contributed by atoms with Gasteiger partial charge in [-0.25, -0.2) is 0 Å². The van der Waals surface area contributed by atoms with Crippen molar-refractivity contribution in [2.45, 2.75) is 39.0 Å². The maximum atomic E-state index is 12.1. The molecule has 1 saturated carbocycles. The summed E-state index contributed by atoms with van der Waals surface area (Å²) in [5, 5.41) is 4.11. The number of amides is 1. The van der Waals surface area contributed by atoms with E-state index in [1.165, 1.54) is 31.2 Å². The number of alkyl halides is 1. The summed E-state index contributed by atoms with van der Waals surface area (Å²) >= 11 is 3.61. The molecule has 0 aliphatic heterocycles. The molecule has 0 heterocycles. The normalized spacial score (nSPS) is 17.4. The highest BCUT2D eigenvalue weighted by atomic mass is 79.9. The second kappa shape index (κ2) is 6.56. The molecule has 3 heteroatoms. The van der Waals surface area contributed by atoms with Gasteiger partial charge in [0, 0.05) is 11.9 Å². The average molecular weight is 324 g/mol. The largest absolute Gasteiger partial charge is 0.355 e. The van der Waals surface area contributed by atoms with Crippen LogP contribution in [0.3, 0.4) is 0 Å². The van der Waals surface area contributed by atoms with Gasteiger partial charge >= 0.3 is 0 Å². The predicted octanol–water partition coefficient (Wildman–Crippen LogP) is 3.61. The lowest BCUT2D eigenvalue weighted by molar-refractivity contribution is -0.120. The van der Waals surface area contributed by atoms with Crippen molar-refractivity contribution in [3.8, 4) is 0 Å².